The van der Waals surface area contributed by atoms with Gasteiger partial charge in [-0.1, -0.05) is 102 Å². The summed E-state index contributed by atoms with van der Waals surface area (Å²) in [7, 11) is -4.13. The van der Waals surface area contributed by atoms with Crippen LogP contribution in [0.4, 0.5) is 5.69 Å². The third kappa shape index (κ3) is 8.36. The van der Waals surface area contributed by atoms with Crippen LogP contribution in [-0.2, 0) is 32.6 Å². The molecule has 4 aromatic carbocycles. The molecule has 7 nitrogen and oxygen atoms in total. The Morgan fingerprint density at radius 3 is 2.09 bits per heavy atom. The average molecular weight is 677 g/mol. The quantitative estimate of drug-likeness (QED) is 0.175. The number of anilines is 1. The minimum atomic E-state index is -4.13. The van der Waals surface area contributed by atoms with Crippen LogP contribution in [0.25, 0.3) is 0 Å². The summed E-state index contributed by atoms with van der Waals surface area (Å²) in [6.45, 7) is 5.33. The summed E-state index contributed by atoms with van der Waals surface area (Å²) in [5, 5.41) is 3.06. The van der Waals surface area contributed by atoms with Gasteiger partial charge in [0.05, 0.1) is 10.6 Å². The number of hydrogen-bond acceptors (Lipinski definition) is 4. The first-order chi connectivity index (χ1) is 21.1. The van der Waals surface area contributed by atoms with E-state index in [9.17, 15) is 18.0 Å². The molecule has 0 unspecified atom stereocenters. The van der Waals surface area contributed by atoms with Crippen LogP contribution in [0.3, 0.4) is 0 Å². The number of para-hydroxylation sites is 1. The third-order valence-electron chi connectivity index (χ3n) is 7.51. The van der Waals surface area contributed by atoms with Crippen LogP contribution in [0, 0.1) is 6.92 Å². The maximum absolute atomic E-state index is 14.5. The number of aryl methyl sites for hydroxylation is 1. The molecule has 44 heavy (non-hydrogen) atoms. The van der Waals surface area contributed by atoms with Crippen molar-refractivity contribution in [3.8, 4) is 0 Å². The van der Waals surface area contributed by atoms with Crippen molar-refractivity contribution in [2.45, 2.75) is 57.1 Å². The first kappa shape index (κ1) is 33.0. The van der Waals surface area contributed by atoms with Gasteiger partial charge in [-0.25, -0.2) is 8.42 Å². The van der Waals surface area contributed by atoms with Crippen molar-refractivity contribution in [2.75, 3.05) is 10.8 Å². The molecule has 0 fully saturated rings. The Kier molecular flexibility index (Phi) is 11.4. The van der Waals surface area contributed by atoms with Crippen LogP contribution < -0.4 is 9.62 Å². The Morgan fingerprint density at radius 2 is 1.45 bits per heavy atom. The van der Waals surface area contributed by atoms with Crippen LogP contribution in [0.5, 0.6) is 0 Å². The lowest BCUT2D eigenvalue weighted by Crippen LogP contribution is -2.54. The van der Waals surface area contributed by atoms with E-state index in [4.69, 9.17) is 0 Å². The predicted octanol–water partition coefficient (Wildman–Crippen LogP) is 6.51. The largest absolute Gasteiger partial charge is 0.352 e. The number of carbonyl (C=O) groups excluding carboxylic acids is 2. The number of nitrogens with one attached hydrogen (secondary N) is 1. The number of hydrogen-bond donors (Lipinski definition) is 1. The van der Waals surface area contributed by atoms with Crippen LogP contribution in [0.15, 0.2) is 119 Å². The van der Waals surface area contributed by atoms with Crippen molar-refractivity contribution in [1.82, 2.24) is 10.2 Å². The van der Waals surface area contributed by atoms with E-state index in [0.717, 1.165) is 26.3 Å². The second kappa shape index (κ2) is 15.2. The lowest BCUT2D eigenvalue weighted by molar-refractivity contribution is -0.140. The van der Waals surface area contributed by atoms with Crippen molar-refractivity contribution in [3.63, 3.8) is 0 Å². The fraction of sp³-hybridized carbons (Fsp3) is 0.257. The van der Waals surface area contributed by atoms with E-state index in [1.807, 2.05) is 87.5 Å². The van der Waals surface area contributed by atoms with Gasteiger partial charge in [0, 0.05) is 23.5 Å². The molecule has 0 saturated carbocycles. The van der Waals surface area contributed by atoms with E-state index in [-0.39, 0.29) is 29.8 Å². The molecule has 0 spiro atoms. The van der Waals surface area contributed by atoms with Gasteiger partial charge in [0.2, 0.25) is 11.8 Å². The van der Waals surface area contributed by atoms with Crippen molar-refractivity contribution >= 4 is 43.5 Å². The highest BCUT2D eigenvalue weighted by molar-refractivity contribution is 9.10. The molecule has 2 atom stereocenters. The number of benzene rings is 4. The number of amides is 2. The topological polar surface area (TPSA) is 86.8 Å². The second-order valence-electron chi connectivity index (χ2n) is 10.8. The van der Waals surface area contributed by atoms with Gasteiger partial charge in [-0.05, 0) is 67.3 Å². The first-order valence-corrected chi connectivity index (χ1v) is 16.8. The van der Waals surface area contributed by atoms with Gasteiger partial charge >= 0.3 is 0 Å². The molecule has 0 heterocycles. The third-order valence-corrected chi connectivity index (χ3v) is 9.78. The molecular formula is C35H38BrN3O4S. The summed E-state index contributed by atoms with van der Waals surface area (Å²) in [5.74, 6) is -0.784. The number of halogens is 1. The molecule has 0 bridgehead atoms. The van der Waals surface area contributed by atoms with Gasteiger partial charge in [-0.3, -0.25) is 13.9 Å². The zero-order valence-corrected chi connectivity index (χ0v) is 27.6. The van der Waals surface area contributed by atoms with Gasteiger partial charge in [0.25, 0.3) is 10.0 Å². The molecule has 0 aliphatic rings. The van der Waals surface area contributed by atoms with E-state index in [2.05, 4.69) is 21.2 Å². The Balaban J connectivity index is 1.81. The molecule has 0 aliphatic heterocycles. The zero-order valence-electron chi connectivity index (χ0n) is 25.2. The van der Waals surface area contributed by atoms with Gasteiger partial charge in [-0.2, -0.15) is 0 Å². The number of nitrogens with zero attached hydrogens (tertiary/aromatic N) is 2. The molecule has 1 N–H and O–H groups in total. The van der Waals surface area contributed by atoms with Crippen molar-refractivity contribution in [1.29, 1.82) is 0 Å². The lowest BCUT2D eigenvalue weighted by Gasteiger charge is -2.34. The highest BCUT2D eigenvalue weighted by atomic mass is 79.9. The smallest absolute Gasteiger partial charge is 0.264 e. The van der Waals surface area contributed by atoms with Crippen LogP contribution >= 0.6 is 15.9 Å². The number of rotatable bonds is 13. The molecule has 4 rings (SSSR count). The summed E-state index contributed by atoms with van der Waals surface area (Å²) in [6, 6.07) is 31.2. The maximum Gasteiger partial charge on any atom is 0.264 e. The van der Waals surface area contributed by atoms with Crippen LogP contribution in [0.2, 0.25) is 0 Å². The van der Waals surface area contributed by atoms with Crippen LogP contribution in [0.1, 0.15) is 37.0 Å². The summed E-state index contributed by atoms with van der Waals surface area (Å²) in [5.41, 5.74) is 2.79. The molecule has 0 aliphatic carbocycles. The van der Waals surface area contributed by atoms with E-state index in [0.29, 0.717) is 11.3 Å². The minimum Gasteiger partial charge on any atom is -0.352 e. The van der Waals surface area contributed by atoms with Gasteiger partial charge < -0.3 is 10.2 Å². The van der Waals surface area contributed by atoms with E-state index < -0.39 is 28.5 Å². The molecule has 4 aromatic rings. The van der Waals surface area contributed by atoms with Gasteiger partial charge in [-0.15, -0.1) is 0 Å². The van der Waals surface area contributed by atoms with E-state index in [1.165, 1.54) is 17.0 Å². The van der Waals surface area contributed by atoms with Crippen molar-refractivity contribution in [2.24, 2.45) is 0 Å². The summed E-state index contributed by atoms with van der Waals surface area (Å²) in [6.07, 6.45) is 0.985. The SMILES string of the molecule is CC[C@H](C)NC(=O)[C@@H](Cc1ccccc1)N(Cc1cccc(Br)c1)C(=O)CN(c1ccccc1C)S(=O)(=O)c1ccccc1. The molecule has 2 amide bonds. The summed E-state index contributed by atoms with van der Waals surface area (Å²) in [4.78, 5) is 30.0. The Bertz CT molecular complexity index is 1670. The molecular weight excluding hydrogens is 638 g/mol. The molecule has 0 radical (unpaired) electrons. The molecule has 0 aromatic heterocycles. The number of sulfonamides is 1. The molecule has 230 valence electrons. The second-order valence-corrected chi connectivity index (χ2v) is 13.6. The molecule has 0 saturated heterocycles. The van der Waals surface area contributed by atoms with Crippen LogP contribution in [-0.4, -0.2) is 43.8 Å². The fourth-order valence-corrected chi connectivity index (χ4v) is 6.85. The Hall–Kier alpha value is -3.95. The van der Waals surface area contributed by atoms with E-state index in [1.54, 1.807) is 30.3 Å². The van der Waals surface area contributed by atoms with Crippen molar-refractivity contribution < 1.29 is 18.0 Å². The zero-order chi connectivity index (χ0) is 31.7. The Morgan fingerprint density at radius 1 is 0.841 bits per heavy atom. The monoisotopic (exact) mass is 675 g/mol. The number of carbonyl (C=O) groups is 2. The predicted molar refractivity (Wildman–Crippen MR) is 179 cm³/mol. The van der Waals surface area contributed by atoms with Crippen molar-refractivity contribution in [3.05, 3.63) is 130 Å². The normalized spacial score (nSPS) is 12.6. The highest BCUT2D eigenvalue weighted by Crippen LogP contribution is 2.28. The summed E-state index contributed by atoms with van der Waals surface area (Å²) >= 11 is 3.51. The maximum atomic E-state index is 14.5. The van der Waals surface area contributed by atoms with Gasteiger partial charge in [0.1, 0.15) is 12.6 Å². The average Bonchev–Trinajstić information content (AvgIpc) is 3.02. The van der Waals surface area contributed by atoms with Gasteiger partial charge in [0.15, 0.2) is 0 Å². The lowest BCUT2D eigenvalue weighted by atomic mass is 10.0. The van der Waals surface area contributed by atoms with E-state index >= 15 is 0 Å². The highest BCUT2D eigenvalue weighted by Gasteiger charge is 2.35. The minimum absolute atomic E-state index is 0.0740. The molecule has 9 heteroatoms. The first-order valence-electron chi connectivity index (χ1n) is 14.6. The Labute approximate surface area is 269 Å². The summed E-state index contributed by atoms with van der Waals surface area (Å²) < 4.78 is 30.2. The standard InChI is InChI=1S/C35H38BrN3O4S/c1-4-27(3)37-35(41)33(23-28-15-7-5-8-16-28)38(24-29-17-13-18-30(36)22-29)34(40)25-39(32-21-12-11-14-26(32)2)44(42,43)31-19-9-6-10-20-31/h5-22,27,33H,4,23-25H2,1-3H3,(H,37,41)/t27-,33+/m0/s1. The fourth-order valence-electron chi connectivity index (χ4n) is 4.90.